The summed E-state index contributed by atoms with van der Waals surface area (Å²) in [6.07, 6.45) is 1.45. The van der Waals surface area contributed by atoms with E-state index in [4.69, 9.17) is 21.1 Å². The number of benzene rings is 3. The average molecular weight is 462 g/mol. The van der Waals surface area contributed by atoms with Gasteiger partial charge in [-0.25, -0.2) is 0 Å². The van der Waals surface area contributed by atoms with Crippen molar-refractivity contribution in [3.05, 3.63) is 89.0 Å². The fourth-order valence-corrected chi connectivity index (χ4v) is 2.93. The van der Waals surface area contributed by atoms with Crippen LogP contribution in [0.1, 0.15) is 5.56 Å². The van der Waals surface area contributed by atoms with Crippen molar-refractivity contribution in [2.75, 3.05) is 24.4 Å². The van der Waals surface area contributed by atoms with Crippen molar-refractivity contribution < 1.29 is 19.1 Å². The summed E-state index contributed by atoms with van der Waals surface area (Å²) in [7, 11) is 1.57. The molecule has 3 aromatic carbocycles. The molecule has 0 saturated carbocycles. The Morgan fingerprint density at radius 2 is 1.64 bits per heavy atom. The lowest BCUT2D eigenvalue weighted by atomic mass is 10.1. The van der Waals surface area contributed by atoms with Crippen LogP contribution in [0, 0.1) is 11.3 Å². The molecule has 33 heavy (non-hydrogen) atoms. The Balaban J connectivity index is 1.56. The van der Waals surface area contributed by atoms with Gasteiger partial charge >= 0.3 is 0 Å². The Hall–Kier alpha value is -4.28. The summed E-state index contributed by atoms with van der Waals surface area (Å²) >= 11 is 6.04. The smallest absolute Gasteiger partial charge is 0.266 e. The van der Waals surface area contributed by atoms with Crippen LogP contribution in [-0.4, -0.2) is 25.5 Å². The van der Waals surface area contributed by atoms with E-state index in [9.17, 15) is 14.9 Å². The van der Waals surface area contributed by atoms with E-state index in [1.165, 1.54) is 6.08 Å². The van der Waals surface area contributed by atoms with Gasteiger partial charge in [0.2, 0.25) is 0 Å². The van der Waals surface area contributed by atoms with Crippen LogP contribution in [0.25, 0.3) is 6.08 Å². The third-order valence-corrected chi connectivity index (χ3v) is 4.75. The molecule has 166 valence electrons. The Morgan fingerprint density at radius 3 is 2.27 bits per heavy atom. The number of hydrogen-bond donors (Lipinski definition) is 2. The molecule has 2 amide bonds. The molecular formula is C25H20ClN3O4. The number of para-hydroxylation sites is 1. The lowest BCUT2D eigenvalue weighted by molar-refractivity contribution is -0.118. The molecule has 0 bridgehead atoms. The molecule has 0 unspecified atom stereocenters. The van der Waals surface area contributed by atoms with Crippen molar-refractivity contribution in [2.24, 2.45) is 0 Å². The van der Waals surface area contributed by atoms with Crippen molar-refractivity contribution in [3.63, 3.8) is 0 Å². The first-order chi connectivity index (χ1) is 16.0. The predicted molar refractivity (Wildman–Crippen MR) is 127 cm³/mol. The summed E-state index contributed by atoms with van der Waals surface area (Å²) in [5.74, 6) is 0.281. The third kappa shape index (κ3) is 6.86. The van der Waals surface area contributed by atoms with Gasteiger partial charge in [-0.05, 0) is 60.2 Å². The lowest BCUT2D eigenvalue weighted by Gasteiger charge is -2.08. The monoisotopic (exact) mass is 461 g/mol. The molecule has 3 aromatic rings. The quantitative estimate of drug-likeness (QED) is 0.366. The molecule has 0 aromatic heterocycles. The van der Waals surface area contributed by atoms with Gasteiger partial charge in [-0.1, -0.05) is 35.9 Å². The number of rotatable bonds is 8. The summed E-state index contributed by atoms with van der Waals surface area (Å²) < 4.78 is 10.6. The maximum absolute atomic E-state index is 12.4. The van der Waals surface area contributed by atoms with Gasteiger partial charge in [-0.15, -0.1) is 0 Å². The normalized spacial score (nSPS) is 10.6. The SMILES string of the molecule is COc1ccc(NC(=O)COc2ccc(/C=C(\C#N)C(=O)Nc3ccccc3Cl)cc2)cc1. The number of nitrogens with zero attached hydrogens (tertiary/aromatic N) is 1. The van der Waals surface area contributed by atoms with Gasteiger partial charge in [0.25, 0.3) is 11.8 Å². The largest absolute Gasteiger partial charge is 0.497 e. The first-order valence-electron chi connectivity index (χ1n) is 9.83. The number of hydrogen-bond acceptors (Lipinski definition) is 5. The molecule has 8 heteroatoms. The van der Waals surface area contributed by atoms with Gasteiger partial charge in [-0.2, -0.15) is 5.26 Å². The van der Waals surface area contributed by atoms with Crippen LogP contribution >= 0.6 is 11.6 Å². The van der Waals surface area contributed by atoms with Crippen LogP contribution in [0.15, 0.2) is 78.4 Å². The van der Waals surface area contributed by atoms with Crippen LogP contribution in [0.2, 0.25) is 5.02 Å². The molecule has 3 rings (SSSR count). The second kappa shape index (κ2) is 11.4. The summed E-state index contributed by atoms with van der Waals surface area (Å²) in [6, 6.07) is 22.2. The number of carbonyl (C=O) groups excluding carboxylic acids is 2. The highest BCUT2D eigenvalue weighted by atomic mass is 35.5. The molecule has 0 heterocycles. The fourth-order valence-electron chi connectivity index (χ4n) is 2.75. The number of nitriles is 1. The summed E-state index contributed by atoms with van der Waals surface area (Å²) in [5, 5.41) is 15.1. The van der Waals surface area contributed by atoms with Crippen molar-refractivity contribution in [2.45, 2.75) is 0 Å². The van der Waals surface area contributed by atoms with Crippen molar-refractivity contribution in [1.82, 2.24) is 0 Å². The van der Waals surface area contributed by atoms with Crippen LogP contribution in [0.3, 0.4) is 0 Å². The van der Waals surface area contributed by atoms with Crippen LogP contribution in [-0.2, 0) is 9.59 Å². The van der Waals surface area contributed by atoms with Crippen LogP contribution in [0.5, 0.6) is 11.5 Å². The van der Waals surface area contributed by atoms with Gasteiger partial charge in [0.15, 0.2) is 6.61 Å². The molecule has 0 fully saturated rings. The van der Waals surface area contributed by atoms with Gasteiger partial charge in [0.05, 0.1) is 17.8 Å². The average Bonchev–Trinajstić information content (AvgIpc) is 2.83. The maximum Gasteiger partial charge on any atom is 0.266 e. The summed E-state index contributed by atoms with van der Waals surface area (Å²) in [6.45, 7) is -0.176. The Morgan fingerprint density at radius 1 is 0.970 bits per heavy atom. The minimum atomic E-state index is -0.568. The number of carbonyl (C=O) groups is 2. The molecule has 0 radical (unpaired) electrons. The summed E-state index contributed by atoms with van der Waals surface area (Å²) in [4.78, 5) is 24.5. The van der Waals surface area contributed by atoms with Gasteiger partial charge in [0.1, 0.15) is 23.1 Å². The van der Waals surface area contributed by atoms with E-state index in [-0.39, 0.29) is 18.1 Å². The zero-order valence-electron chi connectivity index (χ0n) is 17.7. The van der Waals surface area contributed by atoms with Crippen molar-refractivity contribution in [1.29, 1.82) is 5.26 Å². The maximum atomic E-state index is 12.4. The van der Waals surface area contributed by atoms with E-state index < -0.39 is 5.91 Å². The van der Waals surface area contributed by atoms with Gasteiger partial charge in [0, 0.05) is 5.69 Å². The zero-order chi connectivity index (χ0) is 23.6. The van der Waals surface area contributed by atoms with E-state index >= 15 is 0 Å². The Labute approximate surface area is 196 Å². The minimum Gasteiger partial charge on any atom is -0.497 e. The van der Waals surface area contributed by atoms with Gasteiger partial charge in [-0.3, -0.25) is 9.59 Å². The molecule has 0 aliphatic carbocycles. The molecular weight excluding hydrogens is 442 g/mol. The molecule has 0 spiro atoms. The predicted octanol–water partition coefficient (Wildman–Crippen LogP) is 4.91. The fraction of sp³-hybridized carbons (Fsp3) is 0.0800. The lowest BCUT2D eigenvalue weighted by Crippen LogP contribution is -2.20. The molecule has 0 aliphatic heterocycles. The first-order valence-corrected chi connectivity index (χ1v) is 10.2. The van der Waals surface area contributed by atoms with E-state index in [2.05, 4.69) is 10.6 Å². The number of nitrogens with one attached hydrogen (secondary N) is 2. The second-order valence-electron chi connectivity index (χ2n) is 6.74. The van der Waals surface area contributed by atoms with Crippen LogP contribution < -0.4 is 20.1 Å². The Kier molecular flexibility index (Phi) is 8.06. The standard InChI is InChI=1S/C25H20ClN3O4/c1-32-20-12-8-19(9-13-20)28-24(30)16-33-21-10-6-17(7-11-21)14-18(15-27)25(31)29-23-5-3-2-4-22(23)26/h2-14H,16H2,1H3,(H,28,30)(H,29,31)/b18-14+. The van der Waals surface area contributed by atoms with Crippen molar-refractivity contribution in [3.8, 4) is 17.6 Å². The van der Waals surface area contributed by atoms with E-state index in [1.54, 1.807) is 79.9 Å². The van der Waals surface area contributed by atoms with Crippen molar-refractivity contribution >= 4 is 40.9 Å². The Bertz CT molecular complexity index is 1200. The third-order valence-electron chi connectivity index (χ3n) is 4.42. The topological polar surface area (TPSA) is 100 Å². The second-order valence-corrected chi connectivity index (χ2v) is 7.15. The van der Waals surface area contributed by atoms with E-state index in [1.807, 2.05) is 6.07 Å². The zero-order valence-corrected chi connectivity index (χ0v) is 18.4. The number of ether oxygens (including phenoxy) is 2. The number of halogens is 1. The van der Waals surface area contributed by atoms with E-state index in [0.29, 0.717) is 33.5 Å². The minimum absolute atomic E-state index is 0.0811. The highest BCUT2D eigenvalue weighted by molar-refractivity contribution is 6.34. The molecule has 0 atom stereocenters. The van der Waals surface area contributed by atoms with Crippen LogP contribution in [0.4, 0.5) is 11.4 Å². The molecule has 2 N–H and O–H groups in total. The number of anilines is 2. The number of amides is 2. The molecule has 7 nitrogen and oxygen atoms in total. The molecule has 0 aliphatic rings. The number of methoxy groups -OCH3 is 1. The molecule has 0 saturated heterocycles. The highest BCUT2D eigenvalue weighted by Crippen LogP contribution is 2.22. The highest BCUT2D eigenvalue weighted by Gasteiger charge is 2.11. The van der Waals surface area contributed by atoms with Gasteiger partial charge < -0.3 is 20.1 Å². The summed E-state index contributed by atoms with van der Waals surface area (Å²) in [5.41, 5.74) is 1.59. The van der Waals surface area contributed by atoms with E-state index in [0.717, 1.165) is 0 Å². The first kappa shape index (κ1) is 23.4.